The zero-order valence-electron chi connectivity index (χ0n) is 10.4. The van der Waals surface area contributed by atoms with Crippen LogP contribution in [0.2, 0.25) is 0 Å². The van der Waals surface area contributed by atoms with E-state index in [4.69, 9.17) is 4.52 Å². The van der Waals surface area contributed by atoms with E-state index in [-0.39, 0.29) is 12.5 Å². The highest BCUT2D eigenvalue weighted by molar-refractivity contribution is 7.13. The second-order valence-electron chi connectivity index (χ2n) is 4.04. The summed E-state index contributed by atoms with van der Waals surface area (Å²) in [6, 6.07) is 12.8. The SMILES string of the molecule is O=C(NCc1noc(-c2cccs2)n1)c1ccccc1. The Hall–Kier alpha value is -2.47. The minimum absolute atomic E-state index is 0.159. The molecule has 0 radical (unpaired) electrons. The maximum absolute atomic E-state index is 11.9. The van der Waals surface area contributed by atoms with Crippen molar-refractivity contribution in [2.75, 3.05) is 0 Å². The van der Waals surface area contributed by atoms with Gasteiger partial charge in [-0.1, -0.05) is 29.4 Å². The molecule has 5 nitrogen and oxygen atoms in total. The number of aromatic nitrogens is 2. The van der Waals surface area contributed by atoms with Crippen LogP contribution < -0.4 is 5.32 Å². The number of rotatable bonds is 4. The van der Waals surface area contributed by atoms with E-state index in [1.807, 2.05) is 35.7 Å². The number of hydrogen-bond acceptors (Lipinski definition) is 5. The molecule has 0 aliphatic carbocycles. The first-order valence-corrected chi connectivity index (χ1v) is 6.90. The van der Waals surface area contributed by atoms with Crippen LogP contribution >= 0.6 is 11.3 Å². The van der Waals surface area contributed by atoms with Gasteiger partial charge >= 0.3 is 0 Å². The molecular weight excluding hydrogens is 274 g/mol. The normalized spacial score (nSPS) is 10.4. The summed E-state index contributed by atoms with van der Waals surface area (Å²) < 4.78 is 5.15. The summed E-state index contributed by atoms with van der Waals surface area (Å²) in [6.45, 7) is 0.239. The first-order chi connectivity index (χ1) is 9.83. The van der Waals surface area contributed by atoms with E-state index in [0.29, 0.717) is 17.3 Å². The molecule has 2 aromatic heterocycles. The number of nitrogens with zero attached hydrogens (tertiary/aromatic N) is 2. The Bertz CT molecular complexity index is 692. The molecule has 0 bridgehead atoms. The third-order valence-corrected chi connectivity index (χ3v) is 3.50. The van der Waals surface area contributed by atoms with E-state index in [1.54, 1.807) is 12.1 Å². The highest BCUT2D eigenvalue weighted by atomic mass is 32.1. The van der Waals surface area contributed by atoms with Gasteiger partial charge in [-0.15, -0.1) is 11.3 Å². The first kappa shape index (κ1) is 12.6. The van der Waals surface area contributed by atoms with Crippen LogP contribution in [0.5, 0.6) is 0 Å². The predicted octanol–water partition coefficient (Wildman–Crippen LogP) is 2.73. The average Bonchev–Trinajstić information content (AvgIpc) is 3.16. The molecule has 1 aromatic carbocycles. The molecule has 0 aliphatic rings. The van der Waals surface area contributed by atoms with Crippen LogP contribution in [0.1, 0.15) is 16.2 Å². The molecule has 2 heterocycles. The maximum atomic E-state index is 11.9. The summed E-state index contributed by atoms with van der Waals surface area (Å²) in [5.74, 6) is 0.773. The lowest BCUT2D eigenvalue weighted by Gasteiger charge is -2.01. The Balaban J connectivity index is 1.63. The highest BCUT2D eigenvalue weighted by Crippen LogP contribution is 2.22. The van der Waals surface area contributed by atoms with E-state index in [9.17, 15) is 4.79 Å². The number of carbonyl (C=O) groups is 1. The van der Waals surface area contributed by atoms with E-state index >= 15 is 0 Å². The Morgan fingerprint density at radius 2 is 2.05 bits per heavy atom. The minimum atomic E-state index is -0.159. The van der Waals surface area contributed by atoms with Crippen molar-refractivity contribution in [1.29, 1.82) is 0 Å². The van der Waals surface area contributed by atoms with Crippen molar-refractivity contribution in [3.8, 4) is 10.8 Å². The number of thiophene rings is 1. The van der Waals surface area contributed by atoms with Crippen LogP contribution in [-0.4, -0.2) is 16.0 Å². The third-order valence-electron chi connectivity index (χ3n) is 2.64. The third kappa shape index (κ3) is 2.75. The van der Waals surface area contributed by atoms with Gasteiger partial charge in [-0.2, -0.15) is 4.98 Å². The zero-order chi connectivity index (χ0) is 13.8. The van der Waals surface area contributed by atoms with Gasteiger partial charge in [0.25, 0.3) is 11.8 Å². The molecule has 0 saturated carbocycles. The van der Waals surface area contributed by atoms with Crippen LogP contribution in [-0.2, 0) is 6.54 Å². The number of amides is 1. The first-order valence-electron chi connectivity index (χ1n) is 6.02. The molecule has 100 valence electrons. The van der Waals surface area contributed by atoms with Gasteiger partial charge in [0.05, 0.1) is 11.4 Å². The fourth-order valence-corrected chi connectivity index (χ4v) is 2.32. The van der Waals surface area contributed by atoms with Crippen LogP contribution in [0.4, 0.5) is 0 Å². The summed E-state index contributed by atoms with van der Waals surface area (Å²) in [5, 5.41) is 8.54. The molecule has 1 amide bonds. The smallest absolute Gasteiger partial charge is 0.268 e. The summed E-state index contributed by atoms with van der Waals surface area (Å²) in [4.78, 5) is 17.0. The van der Waals surface area contributed by atoms with Crippen LogP contribution in [0.15, 0.2) is 52.4 Å². The van der Waals surface area contributed by atoms with Crippen molar-refractivity contribution in [3.63, 3.8) is 0 Å². The van der Waals surface area contributed by atoms with Gasteiger partial charge in [0, 0.05) is 5.56 Å². The molecule has 0 atom stereocenters. The monoisotopic (exact) mass is 285 g/mol. The average molecular weight is 285 g/mol. The van der Waals surface area contributed by atoms with Crippen LogP contribution in [0.3, 0.4) is 0 Å². The van der Waals surface area contributed by atoms with Gasteiger partial charge in [-0.25, -0.2) is 0 Å². The van der Waals surface area contributed by atoms with Crippen molar-refractivity contribution < 1.29 is 9.32 Å². The van der Waals surface area contributed by atoms with Gasteiger partial charge in [0.15, 0.2) is 5.82 Å². The molecular formula is C14H11N3O2S. The predicted molar refractivity (Wildman–Crippen MR) is 75.2 cm³/mol. The van der Waals surface area contributed by atoms with Crippen LogP contribution in [0.25, 0.3) is 10.8 Å². The van der Waals surface area contributed by atoms with E-state index in [0.717, 1.165) is 4.88 Å². The zero-order valence-corrected chi connectivity index (χ0v) is 11.3. The molecule has 0 aliphatic heterocycles. The van der Waals surface area contributed by atoms with E-state index in [2.05, 4.69) is 15.5 Å². The van der Waals surface area contributed by atoms with Crippen molar-refractivity contribution in [2.24, 2.45) is 0 Å². The molecule has 1 N–H and O–H groups in total. The highest BCUT2D eigenvalue weighted by Gasteiger charge is 2.11. The molecule has 3 aromatic rings. The van der Waals surface area contributed by atoms with Gasteiger partial charge in [0.1, 0.15) is 0 Å². The number of nitrogens with one attached hydrogen (secondary N) is 1. The number of hydrogen-bond donors (Lipinski definition) is 1. The Morgan fingerprint density at radius 3 is 2.80 bits per heavy atom. The molecule has 0 spiro atoms. The summed E-state index contributed by atoms with van der Waals surface area (Å²) in [6.07, 6.45) is 0. The molecule has 0 fully saturated rings. The minimum Gasteiger partial charge on any atom is -0.345 e. The van der Waals surface area contributed by atoms with Crippen molar-refractivity contribution in [2.45, 2.75) is 6.54 Å². The summed E-state index contributed by atoms with van der Waals surface area (Å²) >= 11 is 1.53. The van der Waals surface area contributed by atoms with Gasteiger partial charge in [-0.3, -0.25) is 4.79 Å². The van der Waals surface area contributed by atoms with Crippen molar-refractivity contribution in [1.82, 2.24) is 15.5 Å². The molecule has 6 heteroatoms. The van der Waals surface area contributed by atoms with Gasteiger partial charge < -0.3 is 9.84 Å². The lowest BCUT2D eigenvalue weighted by atomic mass is 10.2. The van der Waals surface area contributed by atoms with Gasteiger partial charge in [-0.05, 0) is 23.6 Å². The largest absolute Gasteiger partial charge is 0.345 e. The topological polar surface area (TPSA) is 68.0 Å². The summed E-state index contributed by atoms with van der Waals surface area (Å²) in [7, 11) is 0. The molecule has 3 rings (SSSR count). The van der Waals surface area contributed by atoms with E-state index < -0.39 is 0 Å². The number of benzene rings is 1. The summed E-state index contributed by atoms with van der Waals surface area (Å²) in [5.41, 5.74) is 0.606. The lowest BCUT2D eigenvalue weighted by Crippen LogP contribution is -2.23. The standard InChI is InChI=1S/C14H11N3O2S/c18-13(10-5-2-1-3-6-10)15-9-12-16-14(19-17-12)11-7-4-8-20-11/h1-8H,9H2,(H,15,18). The Kier molecular flexibility index (Phi) is 3.56. The second-order valence-corrected chi connectivity index (χ2v) is 4.99. The molecule has 20 heavy (non-hydrogen) atoms. The van der Waals surface area contributed by atoms with E-state index in [1.165, 1.54) is 11.3 Å². The quantitative estimate of drug-likeness (QED) is 0.800. The molecule has 0 saturated heterocycles. The van der Waals surface area contributed by atoms with Gasteiger partial charge in [0.2, 0.25) is 0 Å². The fourth-order valence-electron chi connectivity index (χ4n) is 1.68. The fraction of sp³-hybridized carbons (Fsp3) is 0.0714. The Labute approximate surface area is 119 Å². The number of carbonyl (C=O) groups excluding carboxylic acids is 1. The van der Waals surface area contributed by atoms with Crippen LogP contribution in [0, 0.1) is 0 Å². The van der Waals surface area contributed by atoms with Crippen molar-refractivity contribution >= 4 is 17.2 Å². The lowest BCUT2D eigenvalue weighted by molar-refractivity contribution is 0.0949. The van der Waals surface area contributed by atoms with Crippen molar-refractivity contribution in [3.05, 3.63) is 59.2 Å². The molecule has 0 unspecified atom stereocenters. The maximum Gasteiger partial charge on any atom is 0.268 e. The second kappa shape index (κ2) is 5.66. The Morgan fingerprint density at radius 1 is 1.20 bits per heavy atom.